The molecule has 0 spiro atoms. The van der Waals surface area contributed by atoms with Crippen molar-refractivity contribution in [3.05, 3.63) is 46.2 Å². The van der Waals surface area contributed by atoms with E-state index in [0.717, 1.165) is 11.1 Å². The second-order valence-corrected chi connectivity index (χ2v) is 4.10. The highest BCUT2D eigenvalue weighted by molar-refractivity contribution is 6.31. The molecule has 1 unspecified atom stereocenters. The summed E-state index contributed by atoms with van der Waals surface area (Å²) in [7, 11) is 1.74. The van der Waals surface area contributed by atoms with Crippen molar-refractivity contribution in [2.24, 2.45) is 7.05 Å². The molecule has 1 N–H and O–H groups in total. The molecule has 0 aliphatic rings. The van der Waals surface area contributed by atoms with Crippen molar-refractivity contribution in [3.63, 3.8) is 0 Å². The Labute approximate surface area is 98.5 Å². The molecule has 0 radical (unpaired) electrons. The van der Waals surface area contributed by atoms with Gasteiger partial charge in [-0.05, 0) is 24.1 Å². The first-order valence-electron chi connectivity index (χ1n) is 4.88. The minimum Gasteiger partial charge on any atom is -0.382 e. The number of halogens is 1. The lowest BCUT2D eigenvalue weighted by Gasteiger charge is -2.11. The van der Waals surface area contributed by atoms with Crippen LogP contribution in [0.3, 0.4) is 0 Å². The summed E-state index contributed by atoms with van der Waals surface area (Å²) in [6.45, 7) is 1.90. The highest BCUT2D eigenvalue weighted by Crippen LogP contribution is 2.24. The Balaban J connectivity index is 2.38. The molecule has 1 atom stereocenters. The number of hydrogen-bond acceptors (Lipinski definition) is 3. The molecule has 2 rings (SSSR count). The molecule has 1 aromatic heterocycles. The maximum absolute atomic E-state index is 10.1. The van der Waals surface area contributed by atoms with E-state index < -0.39 is 6.10 Å². The molecule has 0 fully saturated rings. The molecule has 4 nitrogen and oxygen atoms in total. The number of benzene rings is 1. The molecule has 0 saturated heterocycles. The lowest BCUT2D eigenvalue weighted by molar-refractivity contribution is 0.209. The molecule has 0 aliphatic heterocycles. The molecule has 84 valence electrons. The smallest absolute Gasteiger partial charge is 0.122 e. The van der Waals surface area contributed by atoms with E-state index in [-0.39, 0.29) is 0 Å². The van der Waals surface area contributed by atoms with Crippen molar-refractivity contribution in [2.45, 2.75) is 13.0 Å². The van der Waals surface area contributed by atoms with Crippen LogP contribution in [-0.4, -0.2) is 20.1 Å². The SMILES string of the molecule is Cc1cc(C(O)c2cnnn2C)ccc1Cl. The number of aliphatic hydroxyl groups excluding tert-OH is 1. The predicted octanol–water partition coefficient (Wildman–Crippen LogP) is 1.86. The van der Waals surface area contributed by atoms with Gasteiger partial charge in [-0.1, -0.05) is 28.9 Å². The summed E-state index contributed by atoms with van der Waals surface area (Å²) in [4.78, 5) is 0. The first kappa shape index (κ1) is 11.1. The molecular formula is C11H12ClN3O. The first-order chi connectivity index (χ1) is 7.59. The Morgan fingerprint density at radius 1 is 1.44 bits per heavy atom. The van der Waals surface area contributed by atoms with E-state index in [4.69, 9.17) is 11.6 Å². The third-order valence-corrected chi connectivity index (χ3v) is 2.95. The van der Waals surface area contributed by atoms with E-state index in [1.807, 2.05) is 13.0 Å². The van der Waals surface area contributed by atoms with Crippen LogP contribution in [0.25, 0.3) is 0 Å². The van der Waals surface area contributed by atoms with Gasteiger partial charge in [0.25, 0.3) is 0 Å². The quantitative estimate of drug-likeness (QED) is 0.868. The summed E-state index contributed by atoms with van der Waals surface area (Å²) >= 11 is 5.93. The zero-order valence-electron chi connectivity index (χ0n) is 9.05. The molecule has 5 heteroatoms. The van der Waals surface area contributed by atoms with Crippen LogP contribution >= 0.6 is 11.6 Å². The zero-order chi connectivity index (χ0) is 11.7. The molecule has 0 amide bonds. The third-order valence-electron chi connectivity index (χ3n) is 2.53. The van der Waals surface area contributed by atoms with Gasteiger partial charge in [0, 0.05) is 12.1 Å². The van der Waals surface area contributed by atoms with Crippen molar-refractivity contribution in [3.8, 4) is 0 Å². The van der Waals surface area contributed by atoms with Gasteiger partial charge in [-0.2, -0.15) is 0 Å². The molecule has 2 aromatic rings. The van der Waals surface area contributed by atoms with Crippen LogP contribution in [0.5, 0.6) is 0 Å². The van der Waals surface area contributed by atoms with Crippen LogP contribution < -0.4 is 0 Å². The summed E-state index contributed by atoms with van der Waals surface area (Å²) in [6.07, 6.45) is 0.824. The summed E-state index contributed by atoms with van der Waals surface area (Å²) in [5.74, 6) is 0. The van der Waals surface area contributed by atoms with Gasteiger partial charge < -0.3 is 5.11 Å². The number of hydrogen-bond donors (Lipinski definition) is 1. The van der Waals surface area contributed by atoms with Gasteiger partial charge in [0.05, 0.1) is 11.9 Å². The topological polar surface area (TPSA) is 50.9 Å². The minimum atomic E-state index is -0.726. The maximum atomic E-state index is 10.1. The average Bonchev–Trinajstić information content (AvgIpc) is 2.67. The number of aliphatic hydroxyl groups is 1. The molecular weight excluding hydrogens is 226 g/mol. The minimum absolute atomic E-state index is 0.654. The lowest BCUT2D eigenvalue weighted by atomic mass is 10.0. The third kappa shape index (κ3) is 1.94. The highest BCUT2D eigenvalue weighted by Gasteiger charge is 2.15. The van der Waals surface area contributed by atoms with Crippen molar-refractivity contribution in [2.75, 3.05) is 0 Å². The fourth-order valence-electron chi connectivity index (χ4n) is 1.55. The number of rotatable bonds is 2. The van der Waals surface area contributed by atoms with Crippen molar-refractivity contribution < 1.29 is 5.11 Å². The zero-order valence-corrected chi connectivity index (χ0v) is 9.81. The van der Waals surface area contributed by atoms with Crippen LogP contribution in [0.2, 0.25) is 5.02 Å². The molecule has 0 saturated carbocycles. The van der Waals surface area contributed by atoms with Crippen molar-refractivity contribution in [1.82, 2.24) is 15.0 Å². The van der Waals surface area contributed by atoms with Gasteiger partial charge in [-0.25, -0.2) is 4.68 Å². The second-order valence-electron chi connectivity index (χ2n) is 3.69. The van der Waals surface area contributed by atoms with Gasteiger partial charge in [-0.3, -0.25) is 0 Å². The van der Waals surface area contributed by atoms with Gasteiger partial charge in [-0.15, -0.1) is 5.10 Å². The van der Waals surface area contributed by atoms with Gasteiger partial charge in [0.2, 0.25) is 0 Å². The summed E-state index contributed by atoms with van der Waals surface area (Å²) < 4.78 is 1.55. The normalized spacial score (nSPS) is 12.8. The van der Waals surface area contributed by atoms with E-state index in [2.05, 4.69) is 10.3 Å². The van der Waals surface area contributed by atoms with E-state index in [1.165, 1.54) is 0 Å². The molecule has 16 heavy (non-hydrogen) atoms. The molecule has 1 heterocycles. The second kappa shape index (κ2) is 4.23. The van der Waals surface area contributed by atoms with Gasteiger partial charge in [0.15, 0.2) is 0 Å². The monoisotopic (exact) mass is 237 g/mol. The van der Waals surface area contributed by atoms with E-state index >= 15 is 0 Å². The Kier molecular flexibility index (Phi) is 2.94. The summed E-state index contributed by atoms with van der Waals surface area (Å²) in [5, 5.41) is 18.3. The number of nitrogens with zero attached hydrogens (tertiary/aromatic N) is 3. The van der Waals surface area contributed by atoms with E-state index in [1.54, 1.807) is 30.1 Å². The van der Waals surface area contributed by atoms with E-state index in [9.17, 15) is 5.11 Å². The Hall–Kier alpha value is -1.39. The fourth-order valence-corrected chi connectivity index (χ4v) is 1.67. The number of aryl methyl sites for hydroxylation is 2. The van der Waals surface area contributed by atoms with Crippen molar-refractivity contribution in [1.29, 1.82) is 0 Å². The Morgan fingerprint density at radius 3 is 2.75 bits per heavy atom. The Bertz CT molecular complexity index is 510. The highest BCUT2D eigenvalue weighted by atomic mass is 35.5. The van der Waals surface area contributed by atoms with E-state index in [0.29, 0.717) is 10.7 Å². The largest absolute Gasteiger partial charge is 0.382 e. The van der Waals surface area contributed by atoms with Crippen LogP contribution in [0.4, 0.5) is 0 Å². The Morgan fingerprint density at radius 2 is 2.19 bits per heavy atom. The van der Waals surface area contributed by atoms with Crippen LogP contribution in [0.1, 0.15) is 22.9 Å². The summed E-state index contributed by atoms with van der Waals surface area (Å²) in [6, 6.07) is 5.44. The molecule has 1 aromatic carbocycles. The predicted molar refractivity (Wildman–Crippen MR) is 61.3 cm³/mol. The molecule has 0 aliphatic carbocycles. The van der Waals surface area contributed by atoms with Crippen molar-refractivity contribution >= 4 is 11.6 Å². The van der Waals surface area contributed by atoms with Gasteiger partial charge in [0.1, 0.15) is 6.10 Å². The first-order valence-corrected chi connectivity index (χ1v) is 5.26. The summed E-state index contributed by atoms with van der Waals surface area (Å²) in [5.41, 5.74) is 2.38. The maximum Gasteiger partial charge on any atom is 0.122 e. The van der Waals surface area contributed by atoms with Gasteiger partial charge >= 0.3 is 0 Å². The lowest BCUT2D eigenvalue weighted by Crippen LogP contribution is -2.06. The standard InChI is InChI=1S/C11H12ClN3O/c1-7-5-8(3-4-9(7)12)11(16)10-6-13-14-15(10)2/h3-6,11,16H,1-2H3. The fraction of sp³-hybridized carbons (Fsp3) is 0.273. The number of aromatic nitrogens is 3. The van der Waals surface area contributed by atoms with Crippen LogP contribution in [0, 0.1) is 6.92 Å². The molecule has 0 bridgehead atoms. The van der Waals surface area contributed by atoms with Crippen LogP contribution in [-0.2, 0) is 7.05 Å². The van der Waals surface area contributed by atoms with Crippen LogP contribution in [0.15, 0.2) is 24.4 Å². The average molecular weight is 238 g/mol.